The number of hydrogen-bond acceptors (Lipinski definition) is 13. The molecular weight excluding hydrogens is 728 g/mol. The summed E-state index contributed by atoms with van der Waals surface area (Å²) in [6.07, 6.45) is 1.31. The van der Waals surface area contributed by atoms with Crippen molar-refractivity contribution in [2.75, 3.05) is 27.4 Å². The van der Waals surface area contributed by atoms with Crippen LogP contribution >= 0.6 is 15.9 Å². The number of carbonyl (C=O) groups excluding carboxylic acids is 3. The zero-order valence-electron chi connectivity index (χ0n) is 26.8. The predicted octanol–water partition coefficient (Wildman–Crippen LogP) is 4.80. The molecule has 262 valence electrons. The van der Waals surface area contributed by atoms with Gasteiger partial charge in [0, 0.05) is 11.8 Å². The van der Waals surface area contributed by atoms with Gasteiger partial charge in [-0.1, -0.05) is 6.07 Å². The molecule has 1 aliphatic heterocycles. The number of halogens is 1. The number of hydrazone groups is 1. The number of nitro benzene ring substituents is 2. The lowest BCUT2D eigenvalue weighted by molar-refractivity contribution is -0.394. The first-order chi connectivity index (χ1) is 23.9. The minimum atomic E-state index is -0.832. The lowest BCUT2D eigenvalue weighted by Crippen LogP contribution is -2.45. The van der Waals surface area contributed by atoms with Gasteiger partial charge >= 0.3 is 17.7 Å². The quantitative estimate of drug-likeness (QED) is 0.0872. The smallest absolute Gasteiger partial charge is 0.337 e. The molecule has 3 amide bonds. The summed E-state index contributed by atoms with van der Waals surface area (Å²) in [5.41, 5.74) is 2.71. The highest BCUT2D eigenvalue weighted by atomic mass is 79.9. The molecule has 0 saturated heterocycles. The predicted molar refractivity (Wildman–Crippen MR) is 178 cm³/mol. The fraction of sp³-hybridized carbons (Fsp3) is 0.226. The monoisotopic (exact) mass is 756 g/mol. The van der Waals surface area contributed by atoms with Crippen LogP contribution in [0, 0.1) is 20.2 Å². The summed E-state index contributed by atoms with van der Waals surface area (Å²) in [6, 6.07) is 9.36. The van der Waals surface area contributed by atoms with Crippen LogP contribution in [0.25, 0.3) is 0 Å². The Hall–Kier alpha value is -6.24. The van der Waals surface area contributed by atoms with Crippen molar-refractivity contribution in [3.05, 3.63) is 95.6 Å². The lowest BCUT2D eigenvalue weighted by Gasteiger charge is -2.28. The molecule has 4 rings (SSSR count). The third-order valence-electron chi connectivity index (χ3n) is 6.85. The number of benzene rings is 3. The number of esters is 1. The number of carbonyl (C=O) groups is 3. The minimum absolute atomic E-state index is 0.0635. The van der Waals surface area contributed by atoms with E-state index in [1.165, 1.54) is 32.6 Å². The van der Waals surface area contributed by atoms with Crippen LogP contribution in [0.3, 0.4) is 0 Å². The van der Waals surface area contributed by atoms with Gasteiger partial charge in [-0.15, -0.1) is 0 Å². The highest BCUT2D eigenvalue weighted by Gasteiger charge is 2.32. The summed E-state index contributed by atoms with van der Waals surface area (Å²) in [5, 5.41) is 31.8. The van der Waals surface area contributed by atoms with E-state index >= 15 is 0 Å². The number of nitrogens with zero attached hydrogens (tertiary/aromatic N) is 3. The maximum Gasteiger partial charge on any atom is 0.337 e. The van der Waals surface area contributed by atoms with E-state index in [-0.39, 0.29) is 40.9 Å². The largest absolute Gasteiger partial charge is 0.493 e. The number of non-ortho nitro benzene ring substituents is 1. The first kappa shape index (κ1) is 36.6. The van der Waals surface area contributed by atoms with Gasteiger partial charge in [0.2, 0.25) is 5.75 Å². The van der Waals surface area contributed by atoms with Gasteiger partial charge in [-0.3, -0.25) is 25.0 Å². The number of allylic oxidation sites excluding steroid dienone is 1. The first-order valence-corrected chi connectivity index (χ1v) is 15.2. The second-order valence-electron chi connectivity index (χ2n) is 10.1. The van der Waals surface area contributed by atoms with Crippen molar-refractivity contribution in [3.8, 4) is 28.7 Å². The molecule has 3 aromatic carbocycles. The minimum Gasteiger partial charge on any atom is -0.493 e. The summed E-state index contributed by atoms with van der Waals surface area (Å²) in [5.74, 6) is -0.857. The van der Waals surface area contributed by atoms with E-state index in [0.29, 0.717) is 21.3 Å². The Bertz CT molecular complexity index is 1910. The molecule has 0 bridgehead atoms. The van der Waals surface area contributed by atoms with E-state index in [0.717, 1.165) is 18.2 Å². The summed E-state index contributed by atoms with van der Waals surface area (Å²) < 4.78 is 27.6. The molecule has 1 atom stereocenters. The number of amides is 3. The zero-order valence-corrected chi connectivity index (χ0v) is 28.4. The van der Waals surface area contributed by atoms with Crippen LogP contribution in [0.15, 0.2) is 69.4 Å². The third-order valence-corrected chi connectivity index (χ3v) is 7.44. The molecule has 0 aromatic heterocycles. The van der Waals surface area contributed by atoms with Crippen LogP contribution in [0.5, 0.6) is 28.7 Å². The fourth-order valence-corrected chi connectivity index (χ4v) is 5.19. The lowest BCUT2D eigenvalue weighted by atomic mass is 9.95. The van der Waals surface area contributed by atoms with Crippen molar-refractivity contribution >= 4 is 51.4 Å². The molecule has 0 fully saturated rings. The van der Waals surface area contributed by atoms with E-state index in [2.05, 4.69) is 37.1 Å². The van der Waals surface area contributed by atoms with E-state index in [4.69, 9.17) is 23.7 Å². The molecular formula is C31H29BrN6O12. The van der Waals surface area contributed by atoms with E-state index in [9.17, 15) is 34.6 Å². The van der Waals surface area contributed by atoms with Gasteiger partial charge in [-0.2, -0.15) is 5.10 Å². The van der Waals surface area contributed by atoms with Crippen molar-refractivity contribution in [2.45, 2.75) is 19.9 Å². The normalized spacial score (nSPS) is 13.9. The molecule has 19 heteroatoms. The van der Waals surface area contributed by atoms with Crippen LogP contribution in [0.4, 0.5) is 16.2 Å². The van der Waals surface area contributed by atoms with Crippen molar-refractivity contribution in [1.82, 2.24) is 16.1 Å². The fourth-order valence-electron chi connectivity index (χ4n) is 4.64. The van der Waals surface area contributed by atoms with Gasteiger partial charge in [-0.25, -0.2) is 15.0 Å². The summed E-state index contributed by atoms with van der Waals surface area (Å²) in [6.45, 7) is 3.02. The molecule has 0 aliphatic carbocycles. The molecule has 1 heterocycles. The maximum absolute atomic E-state index is 12.5. The number of urea groups is 1. The molecule has 50 heavy (non-hydrogen) atoms. The van der Waals surface area contributed by atoms with Gasteiger partial charge in [0.1, 0.15) is 0 Å². The molecule has 3 N–H and O–H groups in total. The van der Waals surface area contributed by atoms with Crippen LogP contribution in [0.1, 0.15) is 31.0 Å². The summed E-state index contributed by atoms with van der Waals surface area (Å²) in [7, 11) is 2.62. The maximum atomic E-state index is 12.5. The van der Waals surface area contributed by atoms with E-state index < -0.39 is 51.8 Å². The Morgan fingerprint density at radius 3 is 2.40 bits per heavy atom. The van der Waals surface area contributed by atoms with Crippen molar-refractivity contribution in [3.63, 3.8) is 0 Å². The van der Waals surface area contributed by atoms with Gasteiger partial charge in [0.15, 0.2) is 29.6 Å². The third kappa shape index (κ3) is 8.61. The Morgan fingerprint density at radius 2 is 1.74 bits per heavy atom. The first-order valence-electron chi connectivity index (χ1n) is 14.4. The highest BCUT2D eigenvalue weighted by molar-refractivity contribution is 9.10. The summed E-state index contributed by atoms with van der Waals surface area (Å²) >= 11 is 3.35. The number of nitro groups is 2. The number of nitrogens with one attached hydrogen (secondary N) is 3. The SMILES string of the molecule is CCOc1cc(/C=N\NC(=O)COc2ccc([C@@H]3NC(=O)NC(C)=C3C(=O)OC)cc2OC)cc(Br)c1Oc1ccc([N+](=O)[O-])cc1[N+](=O)[O-]. The molecule has 0 spiro atoms. The molecule has 0 radical (unpaired) electrons. The molecule has 3 aromatic rings. The average molecular weight is 758 g/mol. The highest BCUT2D eigenvalue weighted by Crippen LogP contribution is 2.43. The van der Waals surface area contributed by atoms with Crippen LogP contribution < -0.4 is 35.0 Å². The Morgan fingerprint density at radius 1 is 1.00 bits per heavy atom. The molecule has 0 saturated carbocycles. The molecule has 0 unspecified atom stereocenters. The van der Waals surface area contributed by atoms with Crippen LogP contribution in [-0.2, 0) is 14.3 Å². The number of methoxy groups -OCH3 is 2. The van der Waals surface area contributed by atoms with Gasteiger partial charge in [0.05, 0.1) is 59.0 Å². The Labute approximate surface area is 291 Å². The van der Waals surface area contributed by atoms with Gasteiger partial charge in [-0.05, 0) is 71.2 Å². The van der Waals surface area contributed by atoms with Crippen molar-refractivity contribution < 1.29 is 47.9 Å². The Balaban J connectivity index is 1.44. The summed E-state index contributed by atoms with van der Waals surface area (Å²) in [4.78, 5) is 58.2. The molecule has 1 aliphatic rings. The standard InChI is InChI=1S/C31H29BrN6O12/c1-5-48-25-11-17(10-20(32)29(25)50-22-9-7-19(37(42)43)13-21(22)38(44)45)14-33-36-26(39)15-49-23-8-6-18(12-24(23)46-3)28-27(30(40)47-4)16(2)34-31(41)35-28/h6-14,28H,5,15H2,1-4H3,(H,36,39)(H2,34,35,41)/b33-14-/t28-/m0/s1. The van der Waals surface area contributed by atoms with Crippen molar-refractivity contribution in [1.29, 1.82) is 0 Å². The topological polar surface area (TPSA) is 232 Å². The zero-order chi connectivity index (χ0) is 36.5. The average Bonchev–Trinajstić information content (AvgIpc) is 3.08. The number of ether oxygens (including phenoxy) is 5. The molecule has 18 nitrogen and oxygen atoms in total. The van der Waals surface area contributed by atoms with E-state index in [1.54, 1.807) is 32.0 Å². The van der Waals surface area contributed by atoms with Crippen LogP contribution in [0.2, 0.25) is 0 Å². The van der Waals surface area contributed by atoms with Gasteiger partial charge in [0.25, 0.3) is 11.6 Å². The number of rotatable bonds is 14. The second kappa shape index (κ2) is 16.2. The Kier molecular flexibility index (Phi) is 11.9. The van der Waals surface area contributed by atoms with Gasteiger partial charge < -0.3 is 34.3 Å². The second-order valence-corrected chi connectivity index (χ2v) is 10.9. The van der Waals surface area contributed by atoms with E-state index in [1.807, 2.05) is 0 Å². The van der Waals surface area contributed by atoms with Crippen molar-refractivity contribution in [2.24, 2.45) is 5.10 Å². The number of hydrogen-bond donors (Lipinski definition) is 3. The van der Waals surface area contributed by atoms with Crippen LogP contribution in [-0.4, -0.2) is 61.4 Å².